The highest BCUT2D eigenvalue weighted by molar-refractivity contribution is 7.80. The van der Waals surface area contributed by atoms with Gasteiger partial charge in [0.1, 0.15) is 30.3 Å². The Bertz CT molecular complexity index is 1840. The highest BCUT2D eigenvalue weighted by atomic mass is 32.1. The highest BCUT2D eigenvalue weighted by Gasteiger charge is 2.34. The molecule has 0 unspecified atom stereocenters. The molecule has 45 heavy (non-hydrogen) atoms. The minimum Gasteiger partial charge on any atom is -0.485 e. The van der Waals surface area contributed by atoms with Crippen LogP contribution in [0.1, 0.15) is 16.7 Å². The molecule has 0 saturated carbocycles. The Kier molecular flexibility index (Phi) is 8.94. The normalized spacial score (nSPS) is 13.8. The molecule has 5 aromatic rings. The van der Waals surface area contributed by atoms with Crippen LogP contribution in [0.5, 0.6) is 23.0 Å². The summed E-state index contributed by atoms with van der Waals surface area (Å²) in [7, 11) is 0. The average molecular weight is 613 g/mol. The number of rotatable bonds is 10. The fraction of sp³-hybridized carbons (Fsp3) is 0.0541. The van der Waals surface area contributed by atoms with Gasteiger partial charge in [-0.25, -0.2) is 0 Å². The van der Waals surface area contributed by atoms with Crippen LogP contribution in [0.15, 0.2) is 139 Å². The van der Waals surface area contributed by atoms with E-state index in [0.717, 1.165) is 11.1 Å². The third kappa shape index (κ3) is 7.26. The first-order chi connectivity index (χ1) is 22.0. The van der Waals surface area contributed by atoms with E-state index in [1.165, 1.54) is 11.0 Å². The smallest absolute Gasteiger partial charge is 0.270 e. The molecule has 8 heteroatoms. The molecule has 1 aliphatic heterocycles. The number of hydrogen-bond donors (Lipinski definition) is 1. The number of amides is 2. The lowest BCUT2D eigenvalue weighted by Crippen LogP contribution is -2.54. The predicted molar refractivity (Wildman–Crippen MR) is 177 cm³/mol. The Morgan fingerprint density at radius 2 is 1.20 bits per heavy atom. The van der Waals surface area contributed by atoms with Crippen LogP contribution in [-0.2, 0) is 22.8 Å². The Morgan fingerprint density at radius 1 is 0.644 bits per heavy atom. The second-order valence-corrected chi connectivity index (χ2v) is 10.5. The van der Waals surface area contributed by atoms with Gasteiger partial charge in [0.2, 0.25) is 0 Å². The lowest BCUT2D eigenvalue weighted by Gasteiger charge is -2.29. The van der Waals surface area contributed by atoms with E-state index < -0.39 is 11.8 Å². The molecule has 0 aromatic heterocycles. The number of benzene rings is 5. The van der Waals surface area contributed by atoms with Crippen molar-refractivity contribution in [2.45, 2.75) is 13.2 Å². The summed E-state index contributed by atoms with van der Waals surface area (Å²) < 4.78 is 18.1. The van der Waals surface area contributed by atoms with Crippen molar-refractivity contribution in [2.24, 2.45) is 0 Å². The average Bonchev–Trinajstić information content (AvgIpc) is 3.07. The maximum absolute atomic E-state index is 13.7. The SMILES string of the molecule is O=C1NC(=S)N(c2ccc(Oc3ccccc3)cc2)C(=O)C1=Cc1ccc(OCc2ccccc2)c(OCc2ccccc2)c1. The maximum atomic E-state index is 13.7. The lowest BCUT2D eigenvalue weighted by atomic mass is 10.1. The first-order valence-corrected chi connectivity index (χ1v) is 14.7. The molecule has 0 bridgehead atoms. The fourth-order valence-electron chi connectivity index (χ4n) is 4.66. The quantitative estimate of drug-likeness (QED) is 0.100. The van der Waals surface area contributed by atoms with Crippen molar-refractivity contribution in [3.63, 3.8) is 0 Å². The second kappa shape index (κ2) is 13.7. The monoisotopic (exact) mass is 612 g/mol. The van der Waals surface area contributed by atoms with Gasteiger partial charge in [-0.15, -0.1) is 0 Å². The van der Waals surface area contributed by atoms with Crippen molar-refractivity contribution >= 4 is 40.9 Å². The molecule has 1 saturated heterocycles. The van der Waals surface area contributed by atoms with E-state index in [0.29, 0.717) is 47.5 Å². The highest BCUT2D eigenvalue weighted by Crippen LogP contribution is 2.32. The summed E-state index contributed by atoms with van der Waals surface area (Å²) in [6.07, 6.45) is 1.52. The molecule has 6 rings (SSSR count). The van der Waals surface area contributed by atoms with E-state index >= 15 is 0 Å². The first-order valence-electron chi connectivity index (χ1n) is 14.3. The minimum absolute atomic E-state index is 0.00424. The van der Waals surface area contributed by atoms with Crippen molar-refractivity contribution in [3.05, 3.63) is 156 Å². The van der Waals surface area contributed by atoms with Gasteiger partial charge in [-0.05, 0) is 83.5 Å². The van der Waals surface area contributed by atoms with Crippen LogP contribution in [0.3, 0.4) is 0 Å². The molecular weight excluding hydrogens is 584 g/mol. The van der Waals surface area contributed by atoms with E-state index in [-0.39, 0.29) is 10.7 Å². The van der Waals surface area contributed by atoms with Crippen LogP contribution in [0, 0.1) is 0 Å². The zero-order valence-corrected chi connectivity index (χ0v) is 24.9. The summed E-state index contributed by atoms with van der Waals surface area (Å²) in [4.78, 5) is 27.9. The van der Waals surface area contributed by atoms with Gasteiger partial charge in [-0.2, -0.15) is 0 Å². The van der Waals surface area contributed by atoms with E-state index in [9.17, 15) is 9.59 Å². The molecule has 0 spiro atoms. The summed E-state index contributed by atoms with van der Waals surface area (Å²) in [5.41, 5.74) is 3.01. The van der Waals surface area contributed by atoms with E-state index in [1.54, 1.807) is 42.5 Å². The molecule has 1 fully saturated rings. The van der Waals surface area contributed by atoms with Gasteiger partial charge in [0, 0.05) is 0 Å². The number of nitrogens with zero attached hydrogens (tertiary/aromatic N) is 1. The molecule has 0 radical (unpaired) electrons. The molecule has 222 valence electrons. The number of thiocarbonyl (C=S) groups is 1. The standard InChI is InChI=1S/C37H28N2O5S/c40-35-32(36(41)39(37(45)38-35)29-17-19-31(20-18-29)44-30-14-8-3-9-15-30)22-28-16-21-33(42-24-26-10-4-1-5-11-26)34(23-28)43-25-27-12-6-2-7-13-27/h1-23H,24-25H2,(H,38,40,45). The zero-order valence-electron chi connectivity index (χ0n) is 24.1. The zero-order chi connectivity index (χ0) is 31.0. The van der Waals surface area contributed by atoms with Gasteiger partial charge in [0.25, 0.3) is 11.8 Å². The summed E-state index contributed by atoms with van der Waals surface area (Å²) >= 11 is 5.38. The Balaban J connectivity index is 1.25. The van der Waals surface area contributed by atoms with Gasteiger partial charge in [-0.1, -0.05) is 84.9 Å². The fourth-order valence-corrected chi connectivity index (χ4v) is 4.94. The number of hydrogen-bond acceptors (Lipinski definition) is 6. The molecule has 1 heterocycles. The Morgan fingerprint density at radius 3 is 1.82 bits per heavy atom. The van der Waals surface area contributed by atoms with Gasteiger partial charge in [0.15, 0.2) is 16.6 Å². The van der Waals surface area contributed by atoms with Crippen LogP contribution in [0.4, 0.5) is 5.69 Å². The number of nitrogens with one attached hydrogen (secondary N) is 1. The van der Waals surface area contributed by atoms with Crippen molar-refractivity contribution in [3.8, 4) is 23.0 Å². The van der Waals surface area contributed by atoms with Gasteiger partial charge < -0.3 is 14.2 Å². The van der Waals surface area contributed by atoms with Crippen molar-refractivity contribution in [1.29, 1.82) is 0 Å². The van der Waals surface area contributed by atoms with E-state index in [1.807, 2.05) is 91.0 Å². The van der Waals surface area contributed by atoms with Crippen LogP contribution < -0.4 is 24.4 Å². The molecular formula is C37H28N2O5S. The van der Waals surface area contributed by atoms with Crippen molar-refractivity contribution in [1.82, 2.24) is 5.32 Å². The number of carbonyl (C=O) groups excluding carboxylic acids is 2. The minimum atomic E-state index is -0.582. The van der Waals surface area contributed by atoms with Crippen LogP contribution in [0.25, 0.3) is 6.08 Å². The number of carbonyl (C=O) groups is 2. The van der Waals surface area contributed by atoms with E-state index in [4.69, 9.17) is 26.4 Å². The summed E-state index contributed by atoms with van der Waals surface area (Å²) in [6.45, 7) is 0.666. The first kappa shape index (κ1) is 29.3. The van der Waals surface area contributed by atoms with Crippen LogP contribution in [0.2, 0.25) is 0 Å². The summed E-state index contributed by atoms with van der Waals surface area (Å²) in [5, 5.41) is 2.63. The topological polar surface area (TPSA) is 77.1 Å². The lowest BCUT2D eigenvalue weighted by molar-refractivity contribution is -0.122. The van der Waals surface area contributed by atoms with Gasteiger partial charge >= 0.3 is 0 Å². The molecule has 2 amide bonds. The van der Waals surface area contributed by atoms with Gasteiger partial charge in [0.05, 0.1) is 5.69 Å². The largest absolute Gasteiger partial charge is 0.485 e. The van der Waals surface area contributed by atoms with Crippen molar-refractivity contribution in [2.75, 3.05) is 4.90 Å². The van der Waals surface area contributed by atoms with Crippen molar-refractivity contribution < 1.29 is 23.8 Å². The molecule has 0 atom stereocenters. The molecule has 5 aromatic carbocycles. The molecule has 1 aliphatic rings. The summed E-state index contributed by atoms with van der Waals surface area (Å²) in [6, 6.07) is 41.2. The van der Waals surface area contributed by atoms with E-state index in [2.05, 4.69) is 5.32 Å². The Hall–Kier alpha value is -5.73. The third-order valence-corrected chi connectivity index (χ3v) is 7.21. The second-order valence-electron chi connectivity index (χ2n) is 10.1. The predicted octanol–water partition coefficient (Wildman–Crippen LogP) is 7.47. The maximum Gasteiger partial charge on any atom is 0.270 e. The van der Waals surface area contributed by atoms with Crippen LogP contribution >= 0.6 is 12.2 Å². The number of anilines is 1. The molecule has 1 N–H and O–H groups in total. The van der Waals surface area contributed by atoms with Crippen LogP contribution in [-0.4, -0.2) is 16.9 Å². The molecule has 0 aliphatic carbocycles. The summed E-state index contributed by atoms with van der Waals surface area (Å²) in [5.74, 6) is 1.18. The number of ether oxygens (including phenoxy) is 3. The molecule has 7 nitrogen and oxygen atoms in total. The number of para-hydroxylation sites is 1. The third-order valence-electron chi connectivity index (χ3n) is 6.93. The van der Waals surface area contributed by atoms with Gasteiger partial charge in [-0.3, -0.25) is 19.8 Å². The Labute approximate surface area is 266 Å².